The highest BCUT2D eigenvalue weighted by Gasteiger charge is 2.41. The maximum atomic E-state index is 12.6. The summed E-state index contributed by atoms with van der Waals surface area (Å²) in [4.78, 5) is 37.6. The SMILES string of the molecule is CCC(C)C(C(=O)Nc1ccccc1)N1C(=O)C=C(Cl)C1=O. The lowest BCUT2D eigenvalue weighted by atomic mass is 9.96. The quantitative estimate of drug-likeness (QED) is 0.848. The van der Waals surface area contributed by atoms with E-state index in [1.165, 1.54) is 0 Å². The van der Waals surface area contributed by atoms with Crippen LogP contribution in [0.15, 0.2) is 41.4 Å². The smallest absolute Gasteiger partial charge is 0.273 e. The average molecular weight is 321 g/mol. The Morgan fingerprint density at radius 1 is 1.27 bits per heavy atom. The predicted molar refractivity (Wildman–Crippen MR) is 84.1 cm³/mol. The molecule has 6 heteroatoms. The maximum absolute atomic E-state index is 12.6. The molecule has 22 heavy (non-hydrogen) atoms. The topological polar surface area (TPSA) is 66.5 Å². The molecule has 0 radical (unpaired) electrons. The molecular formula is C16H17ClN2O3. The fourth-order valence-electron chi connectivity index (χ4n) is 2.31. The second kappa shape index (κ2) is 6.75. The van der Waals surface area contributed by atoms with Crippen molar-refractivity contribution in [3.8, 4) is 0 Å². The van der Waals surface area contributed by atoms with Crippen molar-refractivity contribution in [2.45, 2.75) is 26.3 Å². The molecule has 1 aliphatic heterocycles. The van der Waals surface area contributed by atoms with E-state index >= 15 is 0 Å². The fourth-order valence-corrected chi connectivity index (χ4v) is 2.49. The fraction of sp³-hybridized carbons (Fsp3) is 0.312. The van der Waals surface area contributed by atoms with E-state index in [4.69, 9.17) is 11.6 Å². The Morgan fingerprint density at radius 3 is 2.41 bits per heavy atom. The number of para-hydroxylation sites is 1. The summed E-state index contributed by atoms with van der Waals surface area (Å²) in [5, 5.41) is 2.58. The Morgan fingerprint density at radius 2 is 1.91 bits per heavy atom. The minimum atomic E-state index is -0.891. The van der Waals surface area contributed by atoms with Crippen LogP contribution in [0, 0.1) is 5.92 Å². The van der Waals surface area contributed by atoms with Gasteiger partial charge in [-0.1, -0.05) is 50.1 Å². The highest BCUT2D eigenvalue weighted by Crippen LogP contribution is 2.25. The predicted octanol–water partition coefficient (Wildman–Crippen LogP) is 2.53. The molecule has 2 unspecified atom stereocenters. The number of hydrogen-bond donors (Lipinski definition) is 1. The van der Waals surface area contributed by atoms with Gasteiger partial charge in [0, 0.05) is 11.8 Å². The largest absolute Gasteiger partial charge is 0.324 e. The summed E-state index contributed by atoms with van der Waals surface area (Å²) >= 11 is 5.73. The van der Waals surface area contributed by atoms with Crippen molar-refractivity contribution in [1.29, 1.82) is 0 Å². The van der Waals surface area contributed by atoms with Crippen LogP contribution in [0.5, 0.6) is 0 Å². The molecule has 0 saturated heterocycles. The average Bonchev–Trinajstić information content (AvgIpc) is 2.75. The first kappa shape index (κ1) is 16.2. The molecule has 0 saturated carbocycles. The summed E-state index contributed by atoms with van der Waals surface area (Å²) in [6.07, 6.45) is 1.69. The van der Waals surface area contributed by atoms with Crippen molar-refractivity contribution in [1.82, 2.24) is 4.90 Å². The van der Waals surface area contributed by atoms with Gasteiger partial charge in [0.15, 0.2) is 0 Å². The van der Waals surface area contributed by atoms with Gasteiger partial charge in [0.05, 0.1) is 0 Å². The van der Waals surface area contributed by atoms with Crippen molar-refractivity contribution in [3.63, 3.8) is 0 Å². The third-order valence-electron chi connectivity index (χ3n) is 3.68. The molecule has 1 aliphatic rings. The molecule has 116 valence electrons. The minimum Gasteiger partial charge on any atom is -0.324 e. The summed E-state index contributed by atoms with van der Waals surface area (Å²) in [5.41, 5.74) is 0.610. The van der Waals surface area contributed by atoms with Crippen LogP contribution >= 0.6 is 11.6 Å². The molecule has 1 aromatic rings. The van der Waals surface area contributed by atoms with Gasteiger partial charge in [-0.15, -0.1) is 0 Å². The highest BCUT2D eigenvalue weighted by atomic mass is 35.5. The number of halogens is 1. The van der Waals surface area contributed by atoms with Gasteiger partial charge >= 0.3 is 0 Å². The molecular weight excluding hydrogens is 304 g/mol. The zero-order valence-electron chi connectivity index (χ0n) is 12.4. The molecule has 3 amide bonds. The van der Waals surface area contributed by atoms with E-state index < -0.39 is 23.8 Å². The van der Waals surface area contributed by atoms with Gasteiger partial charge in [-0.25, -0.2) is 0 Å². The van der Waals surface area contributed by atoms with Crippen LogP contribution in [0.2, 0.25) is 0 Å². The summed E-state index contributed by atoms with van der Waals surface area (Å²) in [6.45, 7) is 3.72. The zero-order valence-corrected chi connectivity index (χ0v) is 13.1. The van der Waals surface area contributed by atoms with Gasteiger partial charge in [0.1, 0.15) is 11.1 Å². The van der Waals surface area contributed by atoms with Crippen molar-refractivity contribution in [3.05, 3.63) is 41.4 Å². The van der Waals surface area contributed by atoms with E-state index in [0.29, 0.717) is 12.1 Å². The molecule has 1 aromatic carbocycles. The van der Waals surface area contributed by atoms with Crippen LogP contribution in [0.25, 0.3) is 0 Å². The second-order valence-corrected chi connectivity index (χ2v) is 5.60. The summed E-state index contributed by atoms with van der Waals surface area (Å²) in [6, 6.07) is 8.00. The van der Waals surface area contributed by atoms with E-state index in [1.54, 1.807) is 24.3 Å². The van der Waals surface area contributed by atoms with E-state index in [9.17, 15) is 14.4 Å². The van der Waals surface area contributed by atoms with Crippen LogP contribution in [0.3, 0.4) is 0 Å². The van der Waals surface area contributed by atoms with Crippen molar-refractivity contribution in [2.75, 3.05) is 5.32 Å². The second-order valence-electron chi connectivity index (χ2n) is 5.19. The maximum Gasteiger partial charge on any atom is 0.273 e. The molecule has 0 aromatic heterocycles. The first-order valence-electron chi connectivity index (χ1n) is 7.06. The number of imide groups is 1. The van der Waals surface area contributed by atoms with Crippen LogP contribution < -0.4 is 5.32 Å². The lowest BCUT2D eigenvalue weighted by Crippen LogP contribution is -2.51. The van der Waals surface area contributed by atoms with E-state index in [2.05, 4.69) is 5.32 Å². The third kappa shape index (κ3) is 3.20. The zero-order chi connectivity index (χ0) is 16.3. The normalized spacial score (nSPS) is 17.2. The molecule has 1 heterocycles. The van der Waals surface area contributed by atoms with Crippen LogP contribution in [-0.2, 0) is 14.4 Å². The Hall–Kier alpha value is -2.14. The Balaban J connectivity index is 2.25. The monoisotopic (exact) mass is 320 g/mol. The third-order valence-corrected chi connectivity index (χ3v) is 3.95. The molecule has 1 N–H and O–H groups in total. The number of anilines is 1. The number of carbonyl (C=O) groups excluding carboxylic acids is 3. The van der Waals surface area contributed by atoms with E-state index in [-0.39, 0.29) is 11.0 Å². The summed E-state index contributed by atoms with van der Waals surface area (Å²) in [7, 11) is 0. The number of nitrogens with zero attached hydrogens (tertiary/aromatic N) is 1. The van der Waals surface area contributed by atoms with Gasteiger partial charge in [0.25, 0.3) is 11.8 Å². The van der Waals surface area contributed by atoms with Crippen LogP contribution in [0.1, 0.15) is 20.3 Å². The molecule has 5 nitrogen and oxygen atoms in total. The number of benzene rings is 1. The van der Waals surface area contributed by atoms with Crippen molar-refractivity contribution < 1.29 is 14.4 Å². The van der Waals surface area contributed by atoms with Gasteiger partial charge in [0.2, 0.25) is 5.91 Å². The van der Waals surface area contributed by atoms with Crippen molar-refractivity contribution in [2.24, 2.45) is 5.92 Å². The number of amides is 3. The molecule has 0 aliphatic carbocycles. The Kier molecular flexibility index (Phi) is 4.98. The van der Waals surface area contributed by atoms with Crippen LogP contribution in [-0.4, -0.2) is 28.7 Å². The van der Waals surface area contributed by atoms with Crippen molar-refractivity contribution >= 4 is 35.0 Å². The Bertz CT molecular complexity index is 628. The van der Waals surface area contributed by atoms with Crippen LogP contribution in [0.4, 0.5) is 5.69 Å². The Labute approximate surface area is 133 Å². The molecule has 2 atom stereocenters. The lowest BCUT2D eigenvalue weighted by Gasteiger charge is -2.29. The van der Waals surface area contributed by atoms with E-state index in [0.717, 1.165) is 11.0 Å². The summed E-state index contributed by atoms with van der Waals surface area (Å²) in [5.74, 6) is -1.77. The van der Waals surface area contributed by atoms with E-state index in [1.807, 2.05) is 19.9 Å². The van der Waals surface area contributed by atoms with Gasteiger partial charge < -0.3 is 5.32 Å². The number of carbonyl (C=O) groups is 3. The highest BCUT2D eigenvalue weighted by molar-refractivity contribution is 6.47. The minimum absolute atomic E-state index is 0.161. The molecule has 2 rings (SSSR count). The van der Waals surface area contributed by atoms with Gasteiger partial charge in [-0.2, -0.15) is 0 Å². The molecule has 0 fully saturated rings. The molecule has 0 bridgehead atoms. The summed E-state index contributed by atoms with van der Waals surface area (Å²) < 4.78 is 0. The lowest BCUT2D eigenvalue weighted by molar-refractivity contribution is -0.145. The standard InChI is InChI=1S/C16H17ClN2O3/c1-3-10(2)14(19-13(20)9-12(17)16(19)22)15(21)18-11-7-5-4-6-8-11/h4-10,14H,3H2,1-2H3,(H,18,21). The first-order valence-corrected chi connectivity index (χ1v) is 7.44. The number of nitrogens with one attached hydrogen (secondary N) is 1. The molecule has 0 spiro atoms. The van der Waals surface area contributed by atoms with Gasteiger partial charge in [-0.3, -0.25) is 19.3 Å². The van der Waals surface area contributed by atoms with Gasteiger partial charge in [-0.05, 0) is 18.1 Å². The number of rotatable bonds is 5. The number of hydrogen-bond acceptors (Lipinski definition) is 3. The first-order chi connectivity index (χ1) is 10.5.